The van der Waals surface area contributed by atoms with Crippen molar-refractivity contribution in [1.82, 2.24) is 0 Å². The molecule has 102 valence electrons. The molecule has 1 aromatic carbocycles. The van der Waals surface area contributed by atoms with Crippen molar-refractivity contribution in [3.8, 4) is 5.75 Å². The summed E-state index contributed by atoms with van der Waals surface area (Å²) in [5.41, 5.74) is 1.19. The Morgan fingerprint density at radius 3 is 2.00 bits per heavy atom. The Hall–Kier alpha value is -1.39. The number of benzene rings is 1. The van der Waals surface area contributed by atoms with Crippen molar-refractivity contribution in [2.75, 3.05) is 20.8 Å². The number of methoxy groups -OCH3 is 2. The number of rotatable bonds is 5. The lowest BCUT2D eigenvalue weighted by Crippen LogP contribution is -2.06. The molecule has 0 N–H and O–H groups in total. The second-order valence-corrected chi connectivity index (χ2v) is 3.84. The molecule has 0 unspecified atom stereocenters. The van der Waals surface area contributed by atoms with Crippen molar-refractivity contribution in [2.24, 2.45) is 0 Å². The molecule has 1 aromatic rings. The Balaban J connectivity index is 0.000000411. The summed E-state index contributed by atoms with van der Waals surface area (Å²) >= 11 is 0. The Morgan fingerprint density at radius 1 is 1.17 bits per heavy atom. The Morgan fingerprint density at radius 2 is 1.67 bits per heavy atom. The minimum absolute atomic E-state index is 0.0376. The smallest absolute Gasteiger partial charge is 0.167 e. The molecule has 0 radical (unpaired) electrons. The molecule has 0 spiro atoms. The van der Waals surface area contributed by atoms with Gasteiger partial charge in [0, 0.05) is 14.2 Å². The van der Waals surface area contributed by atoms with Gasteiger partial charge in [-0.15, -0.1) is 0 Å². The first kappa shape index (κ1) is 16.6. The predicted molar refractivity (Wildman–Crippen MR) is 70.8 cm³/mol. The van der Waals surface area contributed by atoms with Gasteiger partial charge in [0.15, 0.2) is 12.1 Å². The number of ether oxygens (including phenoxy) is 3. The highest BCUT2D eigenvalue weighted by molar-refractivity contribution is 5.77. The van der Waals surface area contributed by atoms with Crippen LogP contribution in [-0.2, 0) is 14.3 Å². The van der Waals surface area contributed by atoms with Crippen molar-refractivity contribution in [3.05, 3.63) is 29.8 Å². The molecular weight excluding hydrogens is 232 g/mol. The lowest BCUT2D eigenvalue weighted by molar-refractivity contribution is -0.118. The highest BCUT2D eigenvalue weighted by Gasteiger charge is 1.95. The van der Waals surface area contributed by atoms with E-state index < -0.39 is 0 Å². The Kier molecular flexibility index (Phi) is 8.88. The van der Waals surface area contributed by atoms with Crippen LogP contribution in [0, 0.1) is 6.92 Å². The molecule has 0 aliphatic rings. The van der Waals surface area contributed by atoms with Crippen LogP contribution in [0.3, 0.4) is 0 Å². The molecule has 1 rings (SSSR count). The summed E-state index contributed by atoms with van der Waals surface area (Å²) in [7, 11) is 3.21. The summed E-state index contributed by atoms with van der Waals surface area (Å²) in [6.45, 7) is 5.51. The number of hydrogen-bond donors (Lipinski definition) is 0. The van der Waals surface area contributed by atoms with Crippen molar-refractivity contribution >= 4 is 5.78 Å². The average Bonchev–Trinajstić information content (AvgIpc) is 2.37. The molecule has 0 bridgehead atoms. The van der Waals surface area contributed by atoms with E-state index in [0.717, 1.165) is 5.75 Å². The molecule has 0 atom stereocenters. The average molecular weight is 254 g/mol. The number of aryl methyl sites for hydroxylation is 1. The zero-order chi connectivity index (χ0) is 14.0. The van der Waals surface area contributed by atoms with Gasteiger partial charge in [-0.25, -0.2) is 0 Å². The highest BCUT2D eigenvalue weighted by Crippen LogP contribution is 2.10. The van der Waals surface area contributed by atoms with Gasteiger partial charge in [0.1, 0.15) is 12.4 Å². The molecule has 4 nitrogen and oxygen atoms in total. The first-order valence-electron chi connectivity index (χ1n) is 5.74. The van der Waals surface area contributed by atoms with Crippen molar-refractivity contribution in [3.63, 3.8) is 0 Å². The van der Waals surface area contributed by atoms with Gasteiger partial charge < -0.3 is 14.2 Å². The van der Waals surface area contributed by atoms with E-state index in [2.05, 4.69) is 9.47 Å². The molecule has 0 aromatic heterocycles. The van der Waals surface area contributed by atoms with E-state index in [-0.39, 0.29) is 18.7 Å². The van der Waals surface area contributed by atoms with Crippen LogP contribution in [0.25, 0.3) is 0 Å². The Labute approximate surface area is 109 Å². The first-order valence-corrected chi connectivity index (χ1v) is 5.74. The molecule has 0 heterocycles. The number of hydrogen-bond acceptors (Lipinski definition) is 4. The van der Waals surface area contributed by atoms with E-state index in [9.17, 15) is 4.79 Å². The van der Waals surface area contributed by atoms with Crippen molar-refractivity contribution in [2.45, 2.75) is 27.1 Å². The lowest BCUT2D eigenvalue weighted by Gasteiger charge is -2.03. The highest BCUT2D eigenvalue weighted by atomic mass is 16.7. The van der Waals surface area contributed by atoms with Crippen LogP contribution in [-0.4, -0.2) is 32.9 Å². The van der Waals surface area contributed by atoms with E-state index in [0.29, 0.717) is 0 Å². The molecule has 0 saturated carbocycles. The molecule has 0 aliphatic heterocycles. The number of carbonyl (C=O) groups is 1. The summed E-state index contributed by atoms with van der Waals surface area (Å²) in [5, 5.41) is 0. The third-order valence-corrected chi connectivity index (χ3v) is 2.13. The molecule has 0 saturated heterocycles. The zero-order valence-corrected chi connectivity index (χ0v) is 11.7. The molecule has 0 fully saturated rings. The third-order valence-electron chi connectivity index (χ3n) is 2.13. The maximum atomic E-state index is 10.6. The monoisotopic (exact) mass is 254 g/mol. The standard InChI is InChI=1S/C10H12O2.C4H10O2/c1-8-3-5-10(6-4-8)12-7-9(2)11;1-4(5-2)6-3/h3-6H,7H2,1-2H3;4H,1-3H3. The summed E-state index contributed by atoms with van der Waals surface area (Å²) in [4.78, 5) is 10.6. The second-order valence-electron chi connectivity index (χ2n) is 3.84. The van der Waals surface area contributed by atoms with Gasteiger partial charge >= 0.3 is 0 Å². The molecule has 0 aliphatic carbocycles. The number of carbonyl (C=O) groups excluding carboxylic acids is 1. The van der Waals surface area contributed by atoms with E-state index in [1.165, 1.54) is 12.5 Å². The maximum Gasteiger partial charge on any atom is 0.167 e. The van der Waals surface area contributed by atoms with Gasteiger partial charge in [-0.3, -0.25) is 4.79 Å². The van der Waals surface area contributed by atoms with Crippen LogP contribution < -0.4 is 4.74 Å². The summed E-state index contributed by atoms with van der Waals surface area (Å²) in [6, 6.07) is 7.63. The van der Waals surface area contributed by atoms with Crippen LogP contribution in [0.1, 0.15) is 19.4 Å². The first-order chi connectivity index (χ1) is 8.49. The minimum atomic E-state index is -0.0648. The molecular formula is C14H22O4. The fourth-order valence-corrected chi connectivity index (χ4v) is 0.916. The summed E-state index contributed by atoms with van der Waals surface area (Å²) in [5.74, 6) is 0.784. The van der Waals surface area contributed by atoms with E-state index in [1.807, 2.05) is 38.1 Å². The lowest BCUT2D eigenvalue weighted by atomic mass is 10.2. The topological polar surface area (TPSA) is 44.8 Å². The summed E-state index contributed by atoms with van der Waals surface area (Å²) in [6.07, 6.45) is -0.0648. The summed E-state index contributed by atoms with van der Waals surface area (Å²) < 4.78 is 14.5. The molecule has 4 heteroatoms. The van der Waals surface area contributed by atoms with Gasteiger partial charge in [0.25, 0.3) is 0 Å². The Bertz CT molecular complexity index is 328. The zero-order valence-electron chi connectivity index (χ0n) is 11.7. The third kappa shape index (κ3) is 8.73. The number of Topliss-reactive ketones (excluding diaryl/α,β-unsaturated/α-hetero) is 1. The van der Waals surface area contributed by atoms with E-state index in [4.69, 9.17) is 4.74 Å². The fraction of sp³-hybridized carbons (Fsp3) is 0.500. The van der Waals surface area contributed by atoms with Crippen LogP contribution in [0.5, 0.6) is 5.75 Å². The normalized spacial score (nSPS) is 9.67. The van der Waals surface area contributed by atoms with Crippen LogP contribution in [0.15, 0.2) is 24.3 Å². The fourth-order valence-electron chi connectivity index (χ4n) is 0.916. The predicted octanol–water partition coefficient (Wildman–Crippen LogP) is 2.59. The van der Waals surface area contributed by atoms with Crippen LogP contribution in [0.4, 0.5) is 0 Å². The molecule has 0 amide bonds. The number of ketones is 1. The van der Waals surface area contributed by atoms with Gasteiger partial charge in [-0.1, -0.05) is 17.7 Å². The van der Waals surface area contributed by atoms with Gasteiger partial charge in [0.2, 0.25) is 0 Å². The quantitative estimate of drug-likeness (QED) is 0.758. The van der Waals surface area contributed by atoms with E-state index in [1.54, 1.807) is 14.2 Å². The SMILES string of the molecule is CC(=O)COc1ccc(C)cc1.COC(C)OC. The van der Waals surface area contributed by atoms with Crippen LogP contribution in [0.2, 0.25) is 0 Å². The van der Waals surface area contributed by atoms with Crippen LogP contribution >= 0.6 is 0 Å². The minimum Gasteiger partial charge on any atom is -0.486 e. The van der Waals surface area contributed by atoms with Crippen molar-refractivity contribution < 1.29 is 19.0 Å². The van der Waals surface area contributed by atoms with Gasteiger partial charge in [0.05, 0.1) is 0 Å². The van der Waals surface area contributed by atoms with Crippen molar-refractivity contribution in [1.29, 1.82) is 0 Å². The van der Waals surface area contributed by atoms with Gasteiger partial charge in [-0.2, -0.15) is 0 Å². The maximum absolute atomic E-state index is 10.6. The van der Waals surface area contributed by atoms with E-state index >= 15 is 0 Å². The van der Waals surface area contributed by atoms with Gasteiger partial charge in [-0.05, 0) is 32.9 Å². The second kappa shape index (κ2) is 9.62. The largest absolute Gasteiger partial charge is 0.486 e. The molecule has 18 heavy (non-hydrogen) atoms.